The zero-order valence-electron chi connectivity index (χ0n) is 14.5. The highest BCUT2D eigenvalue weighted by Gasteiger charge is 2.18. The molecule has 1 saturated heterocycles. The average Bonchev–Trinajstić information content (AvgIpc) is 2.96. The number of halogens is 1. The Labute approximate surface area is 153 Å². The van der Waals surface area contributed by atoms with E-state index < -0.39 is 0 Å². The second-order valence-electron chi connectivity index (χ2n) is 6.77. The molecule has 4 nitrogen and oxygen atoms in total. The fourth-order valence-electron chi connectivity index (χ4n) is 3.43. The summed E-state index contributed by atoms with van der Waals surface area (Å²) in [5, 5.41) is 0.811. The molecule has 2 aromatic carbocycles. The molecule has 0 unspecified atom stereocenters. The molecule has 0 aliphatic carbocycles. The Kier molecular flexibility index (Phi) is 4.75. The summed E-state index contributed by atoms with van der Waals surface area (Å²) >= 11 is 6.40. The number of aromatic nitrogens is 2. The van der Waals surface area contributed by atoms with Crippen molar-refractivity contribution in [2.24, 2.45) is 0 Å². The second-order valence-corrected chi connectivity index (χ2v) is 7.18. The maximum absolute atomic E-state index is 6.40. The monoisotopic (exact) mass is 354 g/mol. The Morgan fingerprint density at radius 1 is 0.920 bits per heavy atom. The highest BCUT2D eigenvalue weighted by atomic mass is 35.5. The average molecular weight is 355 g/mol. The quantitative estimate of drug-likeness (QED) is 0.717. The van der Waals surface area contributed by atoms with Crippen LogP contribution in [0, 0.1) is 0 Å². The predicted octanol–water partition coefficient (Wildman–Crippen LogP) is 3.49. The van der Waals surface area contributed by atoms with Gasteiger partial charge in [0.1, 0.15) is 5.82 Å². The number of likely N-dealkylation sites (N-methyl/N-ethyl adjacent to an activating group) is 1. The Hall–Kier alpha value is -1.88. The van der Waals surface area contributed by atoms with Gasteiger partial charge >= 0.3 is 0 Å². The van der Waals surface area contributed by atoms with E-state index in [0.29, 0.717) is 0 Å². The second kappa shape index (κ2) is 7.16. The summed E-state index contributed by atoms with van der Waals surface area (Å²) in [6, 6.07) is 16.4. The van der Waals surface area contributed by atoms with Gasteiger partial charge in [0.25, 0.3) is 0 Å². The van der Waals surface area contributed by atoms with Crippen LogP contribution in [-0.4, -0.2) is 52.6 Å². The Morgan fingerprint density at radius 2 is 1.64 bits per heavy atom. The van der Waals surface area contributed by atoms with Gasteiger partial charge in [0.2, 0.25) is 0 Å². The van der Waals surface area contributed by atoms with E-state index in [1.165, 1.54) is 5.52 Å². The Morgan fingerprint density at radius 3 is 2.44 bits per heavy atom. The van der Waals surface area contributed by atoms with Crippen LogP contribution in [-0.2, 0) is 13.1 Å². The number of piperazine rings is 1. The molecule has 3 aromatic rings. The summed E-state index contributed by atoms with van der Waals surface area (Å²) in [4.78, 5) is 9.78. The third-order valence-electron chi connectivity index (χ3n) is 4.98. The number of imidazole rings is 1. The van der Waals surface area contributed by atoms with Gasteiger partial charge in [0.05, 0.1) is 24.1 Å². The van der Waals surface area contributed by atoms with E-state index in [9.17, 15) is 0 Å². The van der Waals surface area contributed by atoms with E-state index in [1.54, 1.807) is 0 Å². The van der Waals surface area contributed by atoms with E-state index in [-0.39, 0.29) is 0 Å². The lowest BCUT2D eigenvalue weighted by atomic mass is 10.2. The molecule has 1 aliphatic rings. The summed E-state index contributed by atoms with van der Waals surface area (Å²) in [6.07, 6.45) is 0. The molecule has 25 heavy (non-hydrogen) atoms. The first-order valence-electron chi connectivity index (χ1n) is 8.79. The molecular weight excluding hydrogens is 332 g/mol. The predicted molar refractivity (Wildman–Crippen MR) is 103 cm³/mol. The summed E-state index contributed by atoms with van der Waals surface area (Å²) in [5.74, 6) is 1.12. The summed E-state index contributed by atoms with van der Waals surface area (Å²) in [6.45, 7) is 6.04. The summed E-state index contributed by atoms with van der Waals surface area (Å²) in [7, 11) is 2.18. The largest absolute Gasteiger partial charge is 0.322 e. The lowest BCUT2D eigenvalue weighted by molar-refractivity contribution is 0.144. The molecular formula is C20H23ClN4. The number of nitrogens with zero attached hydrogens (tertiary/aromatic N) is 4. The van der Waals surface area contributed by atoms with Crippen LogP contribution < -0.4 is 0 Å². The zero-order valence-corrected chi connectivity index (χ0v) is 15.3. The molecule has 0 atom stereocenters. The van der Waals surface area contributed by atoms with Crippen LogP contribution in [0.15, 0.2) is 48.5 Å². The topological polar surface area (TPSA) is 24.3 Å². The lowest BCUT2D eigenvalue weighted by Gasteiger charge is -2.32. The van der Waals surface area contributed by atoms with Crippen LogP contribution in [0.25, 0.3) is 11.0 Å². The van der Waals surface area contributed by atoms with E-state index >= 15 is 0 Å². The first-order valence-corrected chi connectivity index (χ1v) is 9.17. The van der Waals surface area contributed by atoms with Gasteiger partial charge in [-0.1, -0.05) is 41.9 Å². The molecule has 0 saturated carbocycles. The maximum Gasteiger partial charge on any atom is 0.124 e. The van der Waals surface area contributed by atoms with Crippen LogP contribution in [0.3, 0.4) is 0 Å². The highest BCUT2D eigenvalue weighted by Crippen LogP contribution is 2.22. The minimum absolute atomic E-state index is 0.753. The van der Waals surface area contributed by atoms with Gasteiger partial charge in [-0.15, -0.1) is 0 Å². The Bertz CT molecular complexity index is 865. The molecule has 2 heterocycles. The third-order valence-corrected chi connectivity index (χ3v) is 5.35. The molecule has 130 valence electrons. The van der Waals surface area contributed by atoms with Crippen LogP contribution in [0.1, 0.15) is 11.4 Å². The van der Waals surface area contributed by atoms with Crippen molar-refractivity contribution < 1.29 is 0 Å². The minimum Gasteiger partial charge on any atom is -0.322 e. The molecule has 1 fully saturated rings. The first kappa shape index (κ1) is 16.6. The van der Waals surface area contributed by atoms with E-state index in [2.05, 4.69) is 51.7 Å². The molecule has 0 bridgehead atoms. The highest BCUT2D eigenvalue weighted by molar-refractivity contribution is 6.31. The molecule has 1 aromatic heterocycles. The van der Waals surface area contributed by atoms with Crippen molar-refractivity contribution in [3.05, 3.63) is 64.9 Å². The van der Waals surface area contributed by atoms with Crippen LogP contribution >= 0.6 is 11.6 Å². The number of para-hydroxylation sites is 2. The third kappa shape index (κ3) is 3.56. The maximum atomic E-state index is 6.40. The van der Waals surface area contributed by atoms with Gasteiger partial charge < -0.3 is 9.47 Å². The van der Waals surface area contributed by atoms with Crippen molar-refractivity contribution in [1.29, 1.82) is 0 Å². The van der Waals surface area contributed by atoms with E-state index in [0.717, 1.165) is 61.2 Å². The normalized spacial score (nSPS) is 16.6. The standard InChI is InChI=1S/C20H23ClN4/c1-23-10-12-24(13-11-23)15-20-22-18-8-4-5-9-19(18)25(20)14-16-6-2-3-7-17(16)21/h2-9H,10-15H2,1H3. The van der Waals surface area contributed by atoms with Crippen LogP contribution in [0.4, 0.5) is 0 Å². The van der Waals surface area contributed by atoms with Crippen molar-refractivity contribution in [3.8, 4) is 0 Å². The fourth-order valence-corrected chi connectivity index (χ4v) is 3.62. The Balaban J connectivity index is 1.67. The molecule has 0 radical (unpaired) electrons. The van der Waals surface area contributed by atoms with Crippen molar-refractivity contribution in [3.63, 3.8) is 0 Å². The van der Waals surface area contributed by atoms with Gasteiger partial charge in [-0.3, -0.25) is 4.90 Å². The molecule has 1 aliphatic heterocycles. The van der Waals surface area contributed by atoms with Crippen LogP contribution in [0.2, 0.25) is 5.02 Å². The van der Waals surface area contributed by atoms with Gasteiger partial charge in [-0.2, -0.15) is 0 Å². The number of fused-ring (bicyclic) bond motifs is 1. The summed E-state index contributed by atoms with van der Waals surface area (Å²) in [5.41, 5.74) is 3.36. The molecule has 4 rings (SSSR count). The molecule has 0 N–H and O–H groups in total. The molecule has 5 heteroatoms. The van der Waals surface area contributed by atoms with Crippen molar-refractivity contribution in [2.45, 2.75) is 13.1 Å². The number of hydrogen-bond acceptors (Lipinski definition) is 3. The number of benzene rings is 2. The number of hydrogen-bond donors (Lipinski definition) is 0. The van der Waals surface area contributed by atoms with Gasteiger partial charge in [0.15, 0.2) is 0 Å². The van der Waals surface area contributed by atoms with E-state index in [4.69, 9.17) is 16.6 Å². The van der Waals surface area contributed by atoms with E-state index in [1.807, 2.05) is 18.2 Å². The fraction of sp³-hybridized carbons (Fsp3) is 0.350. The molecule has 0 spiro atoms. The van der Waals surface area contributed by atoms with Gasteiger partial charge in [0, 0.05) is 31.2 Å². The zero-order chi connectivity index (χ0) is 17.2. The first-order chi connectivity index (χ1) is 12.2. The lowest BCUT2D eigenvalue weighted by Crippen LogP contribution is -2.44. The van der Waals surface area contributed by atoms with Gasteiger partial charge in [-0.05, 0) is 30.8 Å². The number of rotatable bonds is 4. The SMILES string of the molecule is CN1CCN(Cc2nc3ccccc3n2Cc2ccccc2Cl)CC1. The summed E-state index contributed by atoms with van der Waals surface area (Å²) < 4.78 is 2.31. The van der Waals surface area contributed by atoms with Gasteiger partial charge in [-0.25, -0.2) is 4.98 Å². The van der Waals surface area contributed by atoms with Crippen LogP contribution in [0.5, 0.6) is 0 Å². The van der Waals surface area contributed by atoms with Crippen molar-refractivity contribution in [1.82, 2.24) is 19.4 Å². The molecule has 0 amide bonds. The minimum atomic E-state index is 0.753. The smallest absolute Gasteiger partial charge is 0.124 e. The van der Waals surface area contributed by atoms with Crippen molar-refractivity contribution in [2.75, 3.05) is 33.2 Å². The van der Waals surface area contributed by atoms with Crippen molar-refractivity contribution >= 4 is 22.6 Å².